The Morgan fingerprint density at radius 2 is 1.97 bits per heavy atom. The van der Waals surface area contributed by atoms with Gasteiger partial charge < -0.3 is 20.9 Å². The van der Waals surface area contributed by atoms with E-state index in [-0.39, 0.29) is 17.9 Å². The van der Waals surface area contributed by atoms with Gasteiger partial charge in [0, 0.05) is 36.0 Å². The zero-order valence-electron chi connectivity index (χ0n) is 19.9. The van der Waals surface area contributed by atoms with Gasteiger partial charge in [0.2, 0.25) is 0 Å². The lowest BCUT2D eigenvalue weighted by Crippen LogP contribution is -2.59. The van der Waals surface area contributed by atoms with E-state index in [2.05, 4.69) is 25.5 Å². The van der Waals surface area contributed by atoms with E-state index in [1.54, 1.807) is 25.5 Å². The van der Waals surface area contributed by atoms with Crippen LogP contribution in [0.2, 0.25) is 0 Å². The van der Waals surface area contributed by atoms with Gasteiger partial charge in [-0.25, -0.2) is 18.7 Å². The Morgan fingerprint density at radius 3 is 2.68 bits per heavy atom. The lowest BCUT2D eigenvalue weighted by atomic mass is 9.93. The molecule has 1 fully saturated rings. The van der Waals surface area contributed by atoms with Gasteiger partial charge in [-0.05, 0) is 29.8 Å². The molecule has 1 aromatic carbocycles. The largest absolute Gasteiger partial charge is 0.384 e. The van der Waals surface area contributed by atoms with E-state index >= 15 is 0 Å². The summed E-state index contributed by atoms with van der Waals surface area (Å²) < 4.78 is 26.5. The summed E-state index contributed by atoms with van der Waals surface area (Å²) in [5.74, 6) is -1.51. The highest BCUT2D eigenvalue weighted by Crippen LogP contribution is 2.36. The number of nitrogen functional groups attached to an aromatic ring is 1. The molecule has 2 aliphatic heterocycles. The van der Waals surface area contributed by atoms with Crippen LogP contribution in [0.1, 0.15) is 5.82 Å². The highest BCUT2D eigenvalue weighted by Gasteiger charge is 2.48. The van der Waals surface area contributed by atoms with Crippen molar-refractivity contribution >= 4 is 28.8 Å². The number of rotatable bonds is 5. The SMILES string of the molecule is CN1C(C(=O)N2CC(F)(F)C2)=CC2C=CC(c3nccc(Nc4ccc(-c5cn[nH]c5N)cc4)n3)=CC21. The van der Waals surface area contributed by atoms with Crippen molar-refractivity contribution in [2.24, 2.45) is 5.92 Å². The maximum Gasteiger partial charge on any atom is 0.282 e. The standard InChI is InChI=1S/C26H24F2N8O/c1-35-20-11-17(3-2-16(20)10-21(35)25(37)36-13-26(27,28)14-36)24-30-9-8-22(33-24)32-18-6-4-15(5-7-18)19-12-31-34-23(19)29/h2-12,16,20H,13-14H2,1H3,(H3,29,31,34)(H,30,32,33). The molecule has 2 atom stereocenters. The summed E-state index contributed by atoms with van der Waals surface area (Å²) >= 11 is 0. The Hall–Kier alpha value is -4.54. The Bertz CT molecular complexity index is 1450. The lowest BCUT2D eigenvalue weighted by Gasteiger charge is -2.40. The smallest absolute Gasteiger partial charge is 0.282 e. The number of fused-ring (bicyclic) bond motifs is 1. The number of likely N-dealkylation sites (tertiary alicyclic amines) is 1. The molecule has 1 saturated heterocycles. The van der Waals surface area contributed by atoms with Crippen LogP contribution in [0.3, 0.4) is 0 Å². The van der Waals surface area contributed by atoms with Crippen molar-refractivity contribution in [3.8, 4) is 11.1 Å². The number of amides is 1. The molecule has 0 radical (unpaired) electrons. The summed E-state index contributed by atoms with van der Waals surface area (Å²) in [5, 5.41) is 9.97. The summed E-state index contributed by atoms with van der Waals surface area (Å²) in [6, 6.07) is 9.41. The first-order chi connectivity index (χ1) is 17.8. The second-order valence-corrected chi connectivity index (χ2v) is 9.39. The molecule has 4 heterocycles. The van der Waals surface area contributed by atoms with E-state index < -0.39 is 19.0 Å². The average molecular weight is 503 g/mol. The van der Waals surface area contributed by atoms with Crippen LogP contribution in [-0.4, -0.2) is 68.0 Å². The van der Waals surface area contributed by atoms with Crippen LogP contribution in [0.25, 0.3) is 16.7 Å². The van der Waals surface area contributed by atoms with E-state index in [0.29, 0.717) is 23.2 Å². The monoisotopic (exact) mass is 502 g/mol. The molecule has 3 aromatic rings. The third-order valence-electron chi connectivity index (χ3n) is 6.82. The molecule has 2 unspecified atom stereocenters. The zero-order chi connectivity index (χ0) is 25.7. The maximum absolute atomic E-state index is 13.3. The number of nitrogens with zero attached hydrogens (tertiary/aromatic N) is 5. The number of anilines is 3. The molecular formula is C26H24F2N8O. The number of allylic oxidation sites excluding steroid dienone is 2. The minimum Gasteiger partial charge on any atom is -0.384 e. The van der Waals surface area contributed by atoms with E-state index in [0.717, 1.165) is 22.4 Å². The molecule has 0 spiro atoms. The van der Waals surface area contributed by atoms with Crippen molar-refractivity contribution in [2.45, 2.75) is 12.0 Å². The molecule has 6 rings (SSSR count). The molecule has 9 nitrogen and oxygen atoms in total. The van der Waals surface area contributed by atoms with Crippen LogP contribution >= 0.6 is 0 Å². The number of alkyl halides is 2. The second kappa shape index (κ2) is 8.54. The Morgan fingerprint density at radius 1 is 1.19 bits per heavy atom. The number of H-pyrrole nitrogens is 1. The molecule has 11 heteroatoms. The highest BCUT2D eigenvalue weighted by atomic mass is 19.3. The van der Waals surface area contributed by atoms with Gasteiger partial charge in [0.05, 0.1) is 31.0 Å². The first kappa shape index (κ1) is 22.9. The van der Waals surface area contributed by atoms with Crippen molar-refractivity contribution in [1.82, 2.24) is 30.0 Å². The highest BCUT2D eigenvalue weighted by molar-refractivity contribution is 5.94. The fraction of sp³-hybridized carbons (Fsp3) is 0.231. The predicted molar refractivity (Wildman–Crippen MR) is 136 cm³/mol. The number of benzene rings is 1. The number of nitrogens with one attached hydrogen (secondary N) is 2. The molecule has 4 N–H and O–H groups in total. The number of carbonyl (C=O) groups is 1. The second-order valence-electron chi connectivity index (χ2n) is 9.39. The first-order valence-corrected chi connectivity index (χ1v) is 11.8. The Balaban J connectivity index is 1.16. The zero-order valence-corrected chi connectivity index (χ0v) is 19.9. The third-order valence-corrected chi connectivity index (χ3v) is 6.82. The molecule has 3 aliphatic rings. The maximum atomic E-state index is 13.3. The summed E-state index contributed by atoms with van der Waals surface area (Å²) in [7, 11) is 1.80. The van der Waals surface area contributed by atoms with Crippen LogP contribution in [0, 0.1) is 5.92 Å². The van der Waals surface area contributed by atoms with Crippen molar-refractivity contribution in [2.75, 3.05) is 31.2 Å². The normalized spacial score (nSPS) is 21.7. The number of likely N-dealkylation sites (N-methyl/N-ethyl adjacent to an activating group) is 1. The number of hydrogen-bond donors (Lipinski definition) is 3. The topological polar surface area (TPSA) is 116 Å². The molecule has 0 saturated carbocycles. The summed E-state index contributed by atoms with van der Waals surface area (Å²) in [6.45, 7) is -1.06. The van der Waals surface area contributed by atoms with E-state index in [9.17, 15) is 13.6 Å². The summed E-state index contributed by atoms with van der Waals surface area (Å²) in [4.78, 5) is 24.9. The number of aromatic amines is 1. The molecular weight excluding hydrogens is 478 g/mol. The number of hydrogen-bond acceptors (Lipinski definition) is 7. The van der Waals surface area contributed by atoms with Gasteiger partial charge in [-0.2, -0.15) is 5.10 Å². The summed E-state index contributed by atoms with van der Waals surface area (Å²) in [6.07, 6.45) is 11.1. The number of halogens is 2. The minimum atomic E-state index is -2.79. The van der Waals surface area contributed by atoms with E-state index in [1.165, 1.54) is 4.90 Å². The first-order valence-electron chi connectivity index (χ1n) is 11.8. The minimum absolute atomic E-state index is 0.0291. The molecule has 37 heavy (non-hydrogen) atoms. The molecule has 1 amide bonds. The number of carbonyl (C=O) groups excluding carboxylic acids is 1. The van der Waals surface area contributed by atoms with Gasteiger partial charge in [-0.1, -0.05) is 30.4 Å². The van der Waals surface area contributed by atoms with Crippen molar-refractivity contribution in [3.05, 3.63) is 78.6 Å². The van der Waals surface area contributed by atoms with E-state index in [4.69, 9.17) is 5.73 Å². The van der Waals surface area contributed by atoms with Crippen LogP contribution in [-0.2, 0) is 4.79 Å². The molecule has 1 aliphatic carbocycles. The lowest BCUT2D eigenvalue weighted by molar-refractivity contribution is -0.163. The van der Waals surface area contributed by atoms with Gasteiger partial charge in [0.15, 0.2) is 5.82 Å². The average Bonchev–Trinajstić information content (AvgIpc) is 3.45. The Kier molecular flexibility index (Phi) is 5.28. The van der Waals surface area contributed by atoms with Crippen LogP contribution < -0.4 is 11.1 Å². The van der Waals surface area contributed by atoms with E-state index in [1.807, 2.05) is 53.5 Å². The quantitative estimate of drug-likeness (QED) is 0.490. The Labute approximate surface area is 211 Å². The van der Waals surface area contributed by atoms with Gasteiger partial charge >= 0.3 is 0 Å². The van der Waals surface area contributed by atoms with Crippen molar-refractivity contribution in [1.29, 1.82) is 0 Å². The molecule has 188 valence electrons. The fourth-order valence-electron chi connectivity index (χ4n) is 4.83. The van der Waals surface area contributed by atoms with Gasteiger partial charge in [-0.15, -0.1) is 0 Å². The predicted octanol–water partition coefficient (Wildman–Crippen LogP) is 3.44. The molecule has 0 bridgehead atoms. The van der Waals surface area contributed by atoms with Crippen LogP contribution in [0.15, 0.2) is 72.7 Å². The van der Waals surface area contributed by atoms with Gasteiger partial charge in [0.25, 0.3) is 11.8 Å². The van der Waals surface area contributed by atoms with Gasteiger partial charge in [0.1, 0.15) is 11.6 Å². The van der Waals surface area contributed by atoms with Crippen molar-refractivity contribution in [3.63, 3.8) is 0 Å². The van der Waals surface area contributed by atoms with Gasteiger partial charge in [-0.3, -0.25) is 9.89 Å². The summed E-state index contributed by atoms with van der Waals surface area (Å²) in [5.41, 5.74) is 9.79. The van der Waals surface area contributed by atoms with Crippen LogP contribution in [0.4, 0.5) is 26.1 Å². The van der Waals surface area contributed by atoms with Crippen molar-refractivity contribution < 1.29 is 13.6 Å². The number of aromatic nitrogens is 4. The van der Waals surface area contributed by atoms with Crippen LogP contribution in [0.5, 0.6) is 0 Å². The molecule has 2 aromatic heterocycles. The fourth-order valence-corrected chi connectivity index (χ4v) is 4.83. The number of nitrogens with two attached hydrogens (primary N) is 1. The third kappa shape index (κ3) is 4.22.